The highest BCUT2D eigenvalue weighted by Gasteiger charge is 2.23. The van der Waals surface area contributed by atoms with Gasteiger partial charge < -0.3 is 9.67 Å². The SMILES string of the molecule is Cn1cncc1-c1c(C(=O)O)nnn1CCC(C)(C)C. The van der Waals surface area contributed by atoms with E-state index >= 15 is 0 Å². The van der Waals surface area contributed by atoms with Crippen LogP contribution >= 0.6 is 0 Å². The molecule has 0 atom stereocenters. The zero-order valence-corrected chi connectivity index (χ0v) is 12.2. The minimum atomic E-state index is -1.08. The molecule has 108 valence electrons. The number of carbonyl (C=O) groups is 1. The predicted molar refractivity (Wildman–Crippen MR) is 73.3 cm³/mol. The van der Waals surface area contributed by atoms with Gasteiger partial charge in [-0.3, -0.25) is 0 Å². The molecule has 0 unspecified atom stereocenters. The summed E-state index contributed by atoms with van der Waals surface area (Å²) < 4.78 is 3.41. The Morgan fingerprint density at radius 3 is 2.60 bits per heavy atom. The maximum absolute atomic E-state index is 11.3. The van der Waals surface area contributed by atoms with Crippen LogP contribution in [-0.2, 0) is 13.6 Å². The molecule has 1 N–H and O–H groups in total. The molecule has 0 aliphatic rings. The lowest BCUT2D eigenvalue weighted by atomic mass is 9.92. The lowest BCUT2D eigenvalue weighted by Gasteiger charge is -2.18. The summed E-state index contributed by atoms with van der Waals surface area (Å²) in [4.78, 5) is 15.3. The van der Waals surface area contributed by atoms with Gasteiger partial charge in [-0.1, -0.05) is 26.0 Å². The molecule has 0 bridgehead atoms. The van der Waals surface area contributed by atoms with Gasteiger partial charge in [0.25, 0.3) is 0 Å². The minimum Gasteiger partial charge on any atom is -0.476 e. The number of carboxylic acids is 1. The maximum atomic E-state index is 11.3. The first-order valence-electron chi connectivity index (χ1n) is 6.43. The third-order valence-electron chi connectivity index (χ3n) is 3.07. The molecule has 0 spiro atoms. The molecule has 2 rings (SSSR count). The first-order chi connectivity index (χ1) is 9.29. The van der Waals surface area contributed by atoms with Gasteiger partial charge in [0.15, 0.2) is 5.69 Å². The van der Waals surface area contributed by atoms with E-state index in [4.69, 9.17) is 0 Å². The zero-order chi connectivity index (χ0) is 14.9. The van der Waals surface area contributed by atoms with Gasteiger partial charge in [-0.05, 0) is 11.8 Å². The van der Waals surface area contributed by atoms with E-state index in [-0.39, 0.29) is 11.1 Å². The highest BCUT2D eigenvalue weighted by Crippen LogP contribution is 2.25. The van der Waals surface area contributed by atoms with Crippen LogP contribution in [0.4, 0.5) is 0 Å². The van der Waals surface area contributed by atoms with E-state index in [0.717, 1.165) is 6.42 Å². The molecule has 7 nitrogen and oxygen atoms in total. The van der Waals surface area contributed by atoms with E-state index in [2.05, 4.69) is 36.1 Å². The molecule has 2 aromatic rings. The van der Waals surface area contributed by atoms with E-state index in [1.54, 1.807) is 21.8 Å². The van der Waals surface area contributed by atoms with Crippen molar-refractivity contribution in [3.05, 3.63) is 18.2 Å². The largest absolute Gasteiger partial charge is 0.476 e. The quantitative estimate of drug-likeness (QED) is 0.921. The Hall–Kier alpha value is -2.18. The van der Waals surface area contributed by atoms with Crippen LogP contribution in [0.3, 0.4) is 0 Å². The van der Waals surface area contributed by atoms with Crippen LogP contribution in [0.15, 0.2) is 12.5 Å². The summed E-state index contributed by atoms with van der Waals surface area (Å²) in [6, 6.07) is 0. The number of imidazole rings is 1. The Bertz CT molecular complexity index is 621. The second-order valence-corrected chi connectivity index (χ2v) is 6.02. The van der Waals surface area contributed by atoms with Crippen molar-refractivity contribution in [3.8, 4) is 11.4 Å². The number of hydrogen-bond donors (Lipinski definition) is 1. The van der Waals surface area contributed by atoms with Crippen molar-refractivity contribution in [1.82, 2.24) is 24.5 Å². The second-order valence-electron chi connectivity index (χ2n) is 6.02. The fourth-order valence-electron chi connectivity index (χ4n) is 1.89. The molecule has 20 heavy (non-hydrogen) atoms. The molecule has 2 heterocycles. The van der Waals surface area contributed by atoms with Crippen LogP contribution in [0.5, 0.6) is 0 Å². The Balaban J connectivity index is 2.44. The molecule has 2 aromatic heterocycles. The fraction of sp³-hybridized carbons (Fsp3) is 0.538. The summed E-state index contributed by atoms with van der Waals surface area (Å²) in [7, 11) is 1.81. The van der Waals surface area contributed by atoms with Crippen molar-refractivity contribution in [2.24, 2.45) is 12.5 Å². The normalized spacial score (nSPS) is 11.8. The number of aromatic carboxylic acids is 1. The van der Waals surface area contributed by atoms with E-state index in [1.165, 1.54) is 0 Å². The van der Waals surface area contributed by atoms with Gasteiger partial charge in [-0.2, -0.15) is 0 Å². The Kier molecular flexibility index (Phi) is 3.61. The zero-order valence-electron chi connectivity index (χ0n) is 12.2. The molecule has 0 radical (unpaired) electrons. The Morgan fingerprint density at radius 1 is 1.40 bits per heavy atom. The fourth-order valence-corrected chi connectivity index (χ4v) is 1.89. The standard InChI is InChI=1S/C13H19N5O2/c1-13(2,3)5-6-18-11(9-7-14-8-17(9)4)10(12(19)20)15-16-18/h7-8H,5-6H2,1-4H3,(H,19,20). The lowest BCUT2D eigenvalue weighted by Crippen LogP contribution is -2.13. The number of aryl methyl sites for hydroxylation is 2. The van der Waals surface area contributed by atoms with Crippen LogP contribution in [-0.4, -0.2) is 35.6 Å². The average molecular weight is 277 g/mol. The summed E-state index contributed by atoms with van der Waals surface area (Å²) in [6.07, 6.45) is 4.13. The van der Waals surface area contributed by atoms with Gasteiger partial charge in [0.05, 0.1) is 18.2 Å². The summed E-state index contributed by atoms with van der Waals surface area (Å²) in [5, 5.41) is 17.0. The van der Waals surface area contributed by atoms with E-state index in [9.17, 15) is 9.90 Å². The summed E-state index contributed by atoms with van der Waals surface area (Å²) >= 11 is 0. The number of rotatable bonds is 4. The molecule has 0 aliphatic heterocycles. The monoisotopic (exact) mass is 277 g/mol. The first-order valence-corrected chi connectivity index (χ1v) is 6.43. The molecular weight excluding hydrogens is 258 g/mol. The van der Waals surface area contributed by atoms with Crippen molar-refractivity contribution in [2.75, 3.05) is 0 Å². The van der Waals surface area contributed by atoms with Crippen molar-refractivity contribution >= 4 is 5.97 Å². The van der Waals surface area contributed by atoms with Crippen molar-refractivity contribution in [1.29, 1.82) is 0 Å². The average Bonchev–Trinajstić information content (AvgIpc) is 2.90. The third kappa shape index (κ3) is 2.87. The highest BCUT2D eigenvalue weighted by atomic mass is 16.4. The number of carboxylic acid groups (broad SMARTS) is 1. The highest BCUT2D eigenvalue weighted by molar-refractivity contribution is 5.92. The smallest absolute Gasteiger partial charge is 0.358 e. The van der Waals surface area contributed by atoms with Crippen LogP contribution in [0, 0.1) is 5.41 Å². The van der Waals surface area contributed by atoms with Gasteiger partial charge >= 0.3 is 5.97 Å². The minimum absolute atomic E-state index is 0.0393. The maximum Gasteiger partial charge on any atom is 0.358 e. The van der Waals surface area contributed by atoms with Gasteiger partial charge in [0, 0.05) is 13.6 Å². The van der Waals surface area contributed by atoms with E-state index < -0.39 is 5.97 Å². The molecule has 7 heteroatoms. The summed E-state index contributed by atoms with van der Waals surface area (Å²) in [5.41, 5.74) is 1.30. The lowest BCUT2D eigenvalue weighted by molar-refractivity contribution is 0.0691. The first kappa shape index (κ1) is 14.2. The number of aromatic nitrogens is 5. The third-order valence-corrected chi connectivity index (χ3v) is 3.07. The van der Waals surface area contributed by atoms with E-state index in [0.29, 0.717) is 17.9 Å². The van der Waals surface area contributed by atoms with Gasteiger partial charge in [0.2, 0.25) is 0 Å². The van der Waals surface area contributed by atoms with Crippen molar-refractivity contribution < 1.29 is 9.90 Å². The molecule has 0 saturated carbocycles. The van der Waals surface area contributed by atoms with Crippen LogP contribution < -0.4 is 0 Å². The molecule has 0 aliphatic carbocycles. The van der Waals surface area contributed by atoms with E-state index in [1.807, 2.05) is 7.05 Å². The predicted octanol–water partition coefficient (Wildman–Crippen LogP) is 1.81. The molecule has 0 fully saturated rings. The molecular formula is C13H19N5O2. The van der Waals surface area contributed by atoms with Crippen molar-refractivity contribution in [3.63, 3.8) is 0 Å². The van der Waals surface area contributed by atoms with Crippen LogP contribution in [0.25, 0.3) is 11.4 Å². The van der Waals surface area contributed by atoms with Crippen LogP contribution in [0.1, 0.15) is 37.7 Å². The number of hydrogen-bond acceptors (Lipinski definition) is 4. The Labute approximate surface area is 117 Å². The van der Waals surface area contributed by atoms with Gasteiger partial charge in [-0.15, -0.1) is 5.10 Å². The summed E-state index contributed by atoms with van der Waals surface area (Å²) in [6.45, 7) is 7.01. The Morgan fingerprint density at radius 2 is 2.10 bits per heavy atom. The topological polar surface area (TPSA) is 85.8 Å². The van der Waals surface area contributed by atoms with Crippen molar-refractivity contribution in [2.45, 2.75) is 33.7 Å². The summed E-state index contributed by atoms with van der Waals surface area (Å²) in [5.74, 6) is -1.08. The molecule has 0 amide bonds. The van der Waals surface area contributed by atoms with Crippen LogP contribution in [0.2, 0.25) is 0 Å². The molecule has 0 saturated heterocycles. The van der Waals surface area contributed by atoms with Gasteiger partial charge in [0.1, 0.15) is 5.69 Å². The van der Waals surface area contributed by atoms with Gasteiger partial charge in [-0.25, -0.2) is 14.5 Å². The number of nitrogens with zero attached hydrogens (tertiary/aromatic N) is 5. The molecule has 0 aromatic carbocycles. The second kappa shape index (κ2) is 5.07.